The first-order chi connectivity index (χ1) is 10.6. The Bertz CT molecular complexity index is 703. The average molecular weight is 336 g/mol. The average Bonchev–Trinajstić information content (AvgIpc) is 2.51. The normalized spacial score (nSPS) is 16.5. The number of fused-ring (bicyclic) bond motifs is 1. The highest BCUT2D eigenvalue weighted by Crippen LogP contribution is 2.31. The highest BCUT2D eigenvalue weighted by molar-refractivity contribution is 6.42. The summed E-state index contributed by atoms with van der Waals surface area (Å²) in [5.74, 6) is 0.800. The van der Waals surface area contributed by atoms with Gasteiger partial charge in [0, 0.05) is 12.0 Å². The maximum absolute atomic E-state index is 12.3. The number of nitrogens with one attached hydrogen (secondary N) is 1. The Morgan fingerprint density at radius 1 is 1.18 bits per heavy atom. The van der Waals surface area contributed by atoms with E-state index in [1.54, 1.807) is 12.1 Å². The van der Waals surface area contributed by atoms with Gasteiger partial charge in [-0.05, 0) is 23.8 Å². The molecule has 0 spiro atoms. The molecule has 1 N–H and O–H groups in total. The van der Waals surface area contributed by atoms with E-state index in [1.807, 2.05) is 30.3 Å². The van der Waals surface area contributed by atoms with E-state index in [0.29, 0.717) is 16.7 Å². The third-order valence-electron chi connectivity index (χ3n) is 3.64. The van der Waals surface area contributed by atoms with Gasteiger partial charge >= 0.3 is 0 Å². The van der Waals surface area contributed by atoms with Crippen molar-refractivity contribution in [1.82, 2.24) is 5.32 Å². The molecule has 0 radical (unpaired) electrons. The van der Waals surface area contributed by atoms with Crippen LogP contribution in [-0.2, 0) is 11.2 Å². The van der Waals surface area contributed by atoms with Crippen LogP contribution in [0.2, 0.25) is 10.0 Å². The summed E-state index contributed by atoms with van der Waals surface area (Å²) in [6.45, 7) is 0.606. The van der Waals surface area contributed by atoms with Crippen molar-refractivity contribution in [1.29, 1.82) is 0 Å². The van der Waals surface area contributed by atoms with Crippen molar-refractivity contribution in [2.45, 2.75) is 18.9 Å². The number of carbonyl (C=O) groups excluding carboxylic acids is 1. The summed E-state index contributed by atoms with van der Waals surface area (Å²) in [6, 6.07) is 13.0. The van der Waals surface area contributed by atoms with Gasteiger partial charge in [0.1, 0.15) is 5.75 Å². The van der Waals surface area contributed by atoms with Gasteiger partial charge in [-0.1, -0.05) is 47.5 Å². The molecule has 0 fully saturated rings. The molecule has 0 saturated carbocycles. The number of halogens is 2. The molecule has 114 valence electrons. The summed E-state index contributed by atoms with van der Waals surface area (Å²) in [5, 5.41) is 4.01. The lowest BCUT2D eigenvalue weighted by atomic mass is 10.00. The molecule has 5 heteroatoms. The number of para-hydroxylation sites is 1. The molecule has 0 aliphatic carbocycles. The van der Waals surface area contributed by atoms with Gasteiger partial charge < -0.3 is 10.1 Å². The SMILES string of the molecule is O=C(Cc1ccc(Cl)c(Cl)c1)N[C@H]1CCOc2ccccc21. The van der Waals surface area contributed by atoms with Gasteiger partial charge in [-0.2, -0.15) is 0 Å². The molecule has 1 heterocycles. The Morgan fingerprint density at radius 2 is 2.00 bits per heavy atom. The van der Waals surface area contributed by atoms with Crippen molar-refractivity contribution in [3.05, 3.63) is 63.6 Å². The Labute approximate surface area is 139 Å². The van der Waals surface area contributed by atoms with Crippen molar-refractivity contribution < 1.29 is 9.53 Å². The summed E-state index contributed by atoms with van der Waals surface area (Å²) >= 11 is 11.9. The zero-order chi connectivity index (χ0) is 15.5. The molecule has 0 saturated heterocycles. The first-order valence-electron chi connectivity index (χ1n) is 7.08. The Hall–Kier alpha value is -1.71. The quantitative estimate of drug-likeness (QED) is 0.913. The summed E-state index contributed by atoms with van der Waals surface area (Å²) in [7, 11) is 0. The van der Waals surface area contributed by atoms with Crippen LogP contribution < -0.4 is 10.1 Å². The van der Waals surface area contributed by atoms with Crippen LogP contribution in [0.1, 0.15) is 23.6 Å². The highest BCUT2D eigenvalue weighted by atomic mass is 35.5. The van der Waals surface area contributed by atoms with Gasteiger partial charge in [-0.15, -0.1) is 0 Å². The Balaban J connectivity index is 1.69. The second-order valence-electron chi connectivity index (χ2n) is 5.22. The zero-order valence-electron chi connectivity index (χ0n) is 11.8. The van der Waals surface area contributed by atoms with Crippen LogP contribution in [0, 0.1) is 0 Å². The number of hydrogen-bond acceptors (Lipinski definition) is 2. The van der Waals surface area contributed by atoms with Crippen LogP contribution in [-0.4, -0.2) is 12.5 Å². The smallest absolute Gasteiger partial charge is 0.224 e. The fourth-order valence-corrected chi connectivity index (χ4v) is 2.89. The van der Waals surface area contributed by atoms with E-state index >= 15 is 0 Å². The summed E-state index contributed by atoms with van der Waals surface area (Å²) in [5.41, 5.74) is 1.86. The maximum atomic E-state index is 12.3. The minimum absolute atomic E-state index is 0.0137. The minimum atomic E-state index is -0.0416. The predicted octanol–water partition coefficient (Wildman–Crippen LogP) is 4.18. The lowest BCUT2D eigenvalue weighted by molar-refractivity contribution is -0.121. The molecular formula is C17H15Cl2NO2. The minimum Gasteiger partial charge on any atom is -0.493 e. The molecule has 2 aromatic carbocycles. The number of rotatable bonds is 3. The van der Waals surface area contributed by atoms with Crippen LogP contribution >= 0.6 is 23.2 Å². The number of ether oxygens (including phenoxy) is 1. The second-order valence-corrected chi connectivity index (χ2v) is 6.03. The van der Waals surface area contributed by atoms with Gasteiger partial charge in [0.05, 0.1) is 29.1 Å². The molecule has 1 aliphatic heterocycles. The van der Waals surface area contributed by atoms with Crippen LogP contribution in [0.4, 0.5) is 0 Å². The van der Waals surface area contributed by atoms with Crippen molar-refractivity contribution in [3.8, 4) is 5.75 Å². The van der Waals surface area contributed by atoms with Crippen molar-refractivity contribution in [2.24, 2.45) is 0 Å². The van der Waals surface area contributed by atoms with Gasteiger partial charge in [0.15, 0.2) is 0 Å². The van der Waals surface area contributed by atoms with Crippen LogP contribution in [0.25, 0.3) is 0 Å². The van der Waals surface area contributed by atoms with Crippen LogP contribution in [0.3, 0.4) is 0 Å². The molecule has 1 aliphatic rings. The lowest BCUT2D eigenvalue weighted by Crippen LogP contribution is -2.33. The monoisotopic (exact) mass is 335 g/mol. The van der Waals surface area contributed by atoms with E-state index in [2.05, 4.69) is 5.32 Å². The van der Waals surface area contributed by atoms with E-state index < -0.39 is 0 Å². The van der Waals surface area contributed by atoms with Crippen molar-refractivity contribution in [2.75, 3.05) is 6.61 Å². The van der Waals surface area contributed by atoms with Gasteiger partial charge in [0.25, 0.3) is 0 Å². The molecule has 22 heavy (non-hydrogen) atoms. The third-order valence-corrected chi connectivity index (χ3v) is 4.38. The number of carbonyl (C=O) groups is 1. The van der Waals surface area contributed by atoms with E-state index in [1.165, 1.54) is 0 Å². The van der Waals surface area contributed by atoms with E-state index in [9.17, 15) is 4.79 Å². The fraction of sp³-hybridized carbons (Fsp3) is 0.235. The zero-order valence-corrected chi connectivity index (χ0v) is 13.3. The molecule has 0 aromatic heterocycles. The number of benzene rings is 2. The molecule has 1 amide bonds. The molecular weight excluding hydrogens is 321 g/mol. The van der Waals surface area contributed by atoms with E-state index in [0.717, 1.165) is 23.3 Å². The number of hydrogen-bond donors (Lipinski definition) is 1. The van der Waals surface area contributed by atoms with Gasteiger partial charge in [0.2, 0.25) is 5.91 Å². The maximum Gasteiger partial charge on any atom is 0.224 e. The standard InChI is InChI=1S/C17H15Cl2NO2/c18-13-6-5-11(9-14(13)19)10-17(21)20-15-7-8-22-16-4-2-1-3-12(15)16/h1-6,9,15H,7-8,10H2,(H,20,21)/t15-/m0/s1. The lowest BCUT2D eigenvalue weighted by Gasteiger charge is -2.26. The molecule has 2 aromatic rings. The van der Waals surface area contributed by atoms with Crippen molar-refractivity contribution in [3.63, 3.8) is 0 Å². The second kappa shape index (κ2) is 6.59. The predicted molar refractivity (Wildman–Crippen MR) is 87.6 cm³/mol. The van der Waals surface area contributed by atoms with Crippen molar-refractivity contribution >= 4 is 29.1 Å². The highest BCUT2D eigenvalue weighted by Gasteiger charge is 2.22. The third kappa shape index (κ3) is 3.37. The first-order valence-corrected chi connectivity index (χ1v) is 7.84. The molecule has 0 unspecified atom stereocenters. The largest absolute Gasteiger partial charge is 0.493 e. The molecule has 3 nitrogen and oxygen atoms in total. The summed E-state index contributed by atoms with van der Waals surface area (Å²) in [6.07, 6.45) is 1.04. The van der Waals surface area contributed by atoms with Gasteiger partial charge in [-0.3, -0.25) is 4.79 Å². The first kappa shape index (κ1) is 15.2. The molecule has 0 bridgehead atoms. The Morgan fingerprint density at radius 3 is 2.82 bits per heavy atom. The fourth-order valence-electron chi connectivity index (χ4n) is 2.57. The summed E-state index contributed by atoms with van der Waals surface area (Å²) < 4.78 is 5.60. The van der Waals surface area contributed by atoms with E-state index in [4.69, 9.17) is 27.9 Å². The Kier molecular flexibility index (Phi) is 4.55. The molecule has 1 atom stereocenters. The van der Waals surface area contributed by atoms with E-state index in [-0.39, 0.29) is 18.4 Å². The van der Waals surface area contributed by atoms with Gasteiger partial charge in [-0.25, -0.2) is 0 Å². The number of amides is 1. The van der Waals surface area contributed by atoms with Crippen LogP contribution in [0.5, 0.6) is 5.75 Å². The summed E-state index contributed by atoms with van der Waals surface area (Å²) in [4.78, 5) is 12.3. The topological polar surface area (TPSA) is 38.3 Å². The molecule has 3 rings (SSSR count). The van der Waals surface area contributed by atoms with Crippen LogP contribution in [0.15, 0.2) is 42.5 Å².